The summed E-state index contributed by atoms with van der Waals surface area (Å²) in [6.07, 6.45) is -1.03. The Morgan fingerprint density at radius 2 is 1.60 bits per heavy atom. The van der Waals surface area contributed by atoms with Crippen LogP contribution in [0.25, 0.3) is 0 Å². The van der Waals surface area contributed by atoms with Crippen LogP contribution in [-0.2, 0) is 23.8 Å². The largest absolute Gasteiger partial charge is 0.466 e. The third-order valence-corrected chi connectivity index (χ3v) is 4.44. The molecule has 1 heterocycles. The molecular formula is C20H25N3O7. The normalized spacial score (nSPS) is 17.3. The van der Waals surface area contributed by atoms with Crippen LogP contribution in [0, 0.1) is 10.1 Å². The summed E-state index contributed by atoms with van der Waals surface area (Å²) in [6, 6.07) is 5.45. The van der Waals surface area contributed by atoms with Gasteiger partial charge in [-0.2, -0.15) is 0 Å². The SMILES string of the molecule is COC(=O)C1=C(C(=O)OC)C(c2ccc([N+](=O)[O-])cc2)O/C1=N\N(C(C)C)C(C)C. The van der Waals surface area contributed by atoms with E-state index in [1.807, 2.05) is 27.7 Å². The van der Waals surface area contributed by atoms with Crippen molar-refractivity contribution in [2.45, 2.75) is 45.9 Å². The second-order valence-electron chi connectivity index (χ2n) is 7.09. The molecule has 0 saturated heterocycles. The Hall–Kier alpha value is -3.43. The topological polar surface area (TPSA) is 121 Å². The summed E-state index contributed by atoms with van der Waals surface area (Å²) in [7, 11) is 2.37. The second-order valence-corrected chi connectivity index (χ2v) is 7.09. The number of benzene rings is 1. The van der Waals surface area contributed by atoms with Gasteiger partial charge in [-0.05, 0) is 45.4 Å². The fraction of sp³-hybridized carbons (Fsp3) is 0.450. The molecule has 0 amide bonds. The third-order valence-electron chi connectivity index (χ3n) is 4.44. The first-order chi connectivity index (χ1) is 14.1. The van der Waals surface area contributed by atoms with E-state index < -0.39 is 23.0 Å². The molecule has 162 valence electrons. The average Bonchev–Trinajstić information content (AvgIpc) is 3.09. The highest BCUT2D eigenvalue weighted by Crippen LogP contribution is 2.38. The lowest BCUT2D eigenvalue weighted by Crippen LogP contribution is -2.34. The molecular weight excluding hydrogens is 394 g/mol. The summed E-state index contributed by atoms with van der Waals surface area (Å²) in [5.41, 5.74) is 0.0879. The number of nitro benzene ring substituents is 1. The van der Waals surface area contributed by atoms with Crippen LogP contribution in [0.1, 0.15) is 39.4 Å². The Morgan fingerprint density at radius 1 is 1.07 bits per heavy atom. The fourth-order valence-corrected chi connectivity index (χ4v) is 3.11. The lowest BCUT2D eigenvalue weighted by atomic mass is 9.99. The van der Waals surface area contributed by atoms with Crippen LogP contribution in [0.15, 0.2) is 40.5 Å². The average molecular weight is 419 g/mol. The van der Waals surface area contributed by atoms with Gasteiger partial charge in [-0.1, -0.05) is 0 Å². The maximum absolute atomic E-state index is 12.6. The fourth-order valence-electron chi connectivity index (χ4n) is 3.11. The van der Waals surface area contributed by atoms with Crippen LogP contribution < -0.4 is 0 Å². The number of hydrogen-bond acceptors (Lipinski definition) is 9. The van der Waals surface area contributed by atoms with E-state index in [9.17, 15) is 19.7 Å². The van der Waals surface area contributed by atoms with Gasteiger partial charge in [-0.25, -0.2) is 9.59 Å². The predicted octanol–water partition coefficient (Wildman–Crippen LogP) is 2.74. The standard InChI is InChI=1S/C20H25N3O7/c1-11(2)22(12(3)4)21-18-16(20(25)29-6)15(19(24)28-5)17(30-18)13-7-9-14(10-8-13)23(26)27/h7-12,17H,1-6H3/b21-18-. The van der Waals surface area contributed by atoms with Crippen molar-refractivity contribution >= 4 is 23.5 Å². The van der Waals surface area contributed by atoms with Crippen LogP contribution in [-0.4, -0.2) is 54.1 Å². The Labute approximate surface area is 174 Å². The van der Waals surface area contributed by atoms with Crippen molar-refractivity contribution < 1.29 is 28.7 Å². The van der Waals surface area contributed by atoms with E-state index in [0.29, 0.717) is 5.56 Å². The number of hydrazone groups is 1. The molecule has 0 saturated carbocycles. The number of nitro groups is 1. The molecule has 1 aliphatic rings. The molecule has 10 heteroatoms. The van der Waals surface area contributed by atoms with Crippen molar-refractivity contribution in [1.82, 2.24) is 5.01 Å². The van der Waals surface area contributed by atoms with Crippen LogP contribution in [0.3, 0.4) is 0 Å². The third kappa shape index (κ3) is 4.58. The van der Waals surface area contributed by atoms with Crippen molar-refractivity contribution in [3.63, 3.8) is 0 Å². The maximum Gasteiger partial charge on any atom is 0.344 e. The molecule has 0 bridgehead atoms. The summed E-state index contributed by atoms with van der Waals surface area (Å²) in [4.78, 5) is 35.5. The van der Waals surface area contributed by atoms with Crippen LogP contribution >= 0.6 is 0 Å². The van der Waals surface area contributed by atoms with Crippen LogP contribution in [0.4, 0.5) is 5.69 Å². The quantitative estimate of drug-likeness (QED) is 0.376. The number of esters is 2. The van der Waals surface area contributed by atoms with E-state index >= 15 is 0 Å². The molecule has 0 N–H and O–H groups in total. The van der Waals surface area contributed by atoms with Crippen molar-refractivity contribution in [2.75, 3.05) is 14.2 Å². The van der Waals surface area contributed by atoms with Gasteiger partial charge in [0.15, 0.2) is 6.10 Å². The van der Waals surface area contributed by atoms with Gasteiger partial charge in [0.25, 0.3) is 5.69 Å². The molecule has 1 unspecified atom stereocenters. The van der Waals surface area contributed by atoms with Gasteiger partial charge in [0, 0.05) is 24.2 Å². The highest BCUT2D eigenvalue weighted by molar-refractivity contribution is 6.23. The van der Waals surface area contributed by atoms with Crippen LogP contribution in [0.5, 0.6) is 0 Å². The molecule has 0 radical (unpaired) electrons. The first-order valence-electron chi connectivity index (χ1n) is 9.31. The van der Waals surface area contributed by atoms with Gasteiger partial charge in [-0.15, -0.1) is 5.10 Å². The minimum atomic E-state index is -1.03. The zero-order valence-corrected chi connectivity index (χ0v) is 17.7. The number of carbonyl (C=O) groups excluding carboxylic acids is 2. The summed E-state index contributed by atoms with van der Waals surface area (Å²) >= 11 is 0. The van der Waals surface area contributed by atoms with Gasteiger partial charge in [0.2, 0.25) is 5.90 Å². The Morgan fingerprint density at radius 3 is 2.03 bits per heavy atom. The van der Waals surface area contributed by atoms with E-state index in [1.54, 1.807) is 5.01 Å². The van der Waals surface area contributed by atoms with Gasteiger partial charge >= 0.3 is 11.9 Å². The summed E-state index contributed by atoms with van der Waals surface area (Å²) in [5, 5.41) is 17.1. The van der Waals surface area contributed by atoms with Gasteiger partial charge < -0.3 is 14.2 Å². The Bertz CT molecular complexity index is 880. The van der Waals surface area contributed by atoms with Crippen molar-refractivity contribution in [3.05, 3.63) is 51.1 Å². The Kier molecular flexibility index (Phi) is 7.14. The van der Waals surface area contributed by atoms with E-state index in [2.05, 4.69) is 5.10 Å². The number of hydrogen-bond donors (Lipinski definition) is 0. The van der Waals surface area contributed by atoms with Gasteiger partial charge in [0.05, 0.1) is 19.1 Å². The number of rotatable bonds is 7. The molecule has 0 aromatic heterocycles. The number of nitrogens with zero attached hydrogens (tertiary/aromatic N) is 3. The lowest BCUT2D eigenvalue weighted by molar-refractivity contribution is -0.384. The molecule has 1 aromatic carbocycles. The first kappa shape index (κ1) is 22.9. The minimum Gasteiger partial charge on any atom is -0.466 e. The summed E-state index contributed by atoms with van der Waals surface area (Å²) in [6.45, 7) is 7.70. The molecule has 30 heavy (non-hydrogen) atoms. The number of methoxy groups -OCH3 is 2. The van der Waals surface area contributed by atoms with Gasteiger partial charge in [-0.3, -0.25) is 15.1 Å². The number of ether oxygens (including phenoxy) is 3. The van der Waals surface area contributed by atoms with Crippen LogP contribution in [0.2, 0.25) is 0 Å². The van der Waals surface area contributed by atoms with E-state index in [1.165, 1.54) is 38.5 Å². The second kappa shape index (κ2) is 9.38. The molecule has 2 rings (SSSR count). The van der Waals surface area contributed by atoms with Crippen molar-refractivity contribution in [2.24, 2.45) is 5.10 Å². The zero-order chi connectivity index (χ0) is 22.6. The molecule has 1 aromatic rings. The minimum absolute atomic E-state index is 0.0139. The Balaban J connectivity index is 2.66. The molecule has 1 aliphatic heterocycles. The number of non-ortho nitro benzene ring substituents is 1. The smallest absolute Gasteiger partial charge is 0.344 e. The maximum atomic E-state index is 12.6. The summed E-state index contributed by atoms with van der Waals surface area (Å²) < 4.78 is 15.6. The van der Waals surface area contributed by atoms with E-state index in [4.69, 9.17) is 14.2 Å². The predicted molar refractivity (Wildman–Crippen MR) is 108 cm³/mol. The van der Waals surface area contributed by atoms with Crippen molar-refractivity contribution in [3.8, 4) is 0 Å². The highest BCUT2D eigenvalue weighted by atomic mass is 16.6. The number of carbonyl (C=O) groups is 2. The molecule has 0 spiro atoms. The van der Waals surface area contributed by atoms with Gasteiger partial charge in [0.1, 0.15) is 11.1 Å². The highest BCUT2D eigenvalue weighted by Gasteiger charge is 2.43. The molecule has 0 aliphatic carbocycles. The first-order valence-corrected chi connectivity index (χ1v) is 9.31. The molecule has 0 fully saturated rings. The van der Waals surface area contributed by atoms with E-state index in [-0.39, 0.29) is 34.8 Å². The zero-order valence-electron chi connectivity index (χ0n) is 17.7. The molecule has 1 atom stereocenters. The molecule has 10 nitrogen and oxygen atoms in total. The van der Waals surface area contributed by atoms with Crippen molar-refractivity contribution in [1.29, 1.82) is 0 Å². The lowest BCUT2D eigenvalue weighted by Gasteiger charge is -2.28. The monoisotopic (exact) mass is 419 g/mol. The van der Waals surface area contributed by atoms with E-state index in [0.717, 1.165) is 0 Å². The summed E-state index contributed by atoms with van der Waals surface area (Å²) in [5.74, 6) is -1.66.